The van der Waals surface area contributed by atoms with Gasteiger partial charge in [0, 0.05) is 49.4 Å². The smallest absolute Gasteiger partial charge is 0.151 e. The Bertz CT molecular complexity index is 799. The highest BCUT2D eigenvalue weighted by atomic mass is 16.5. The van der Waals surface area contributed by atoms with Gasteiger partial charge in [-0.25, -0.2) is 0 Å². The molecule has 2 aliphatic heterocycles. The predicted octanol–water partition coefficient (Wildman–Crippen LogP) is 3.30. The van der Waals surface area contributed by atoms with E-state index in [2.05, 4.69) is 52.2 Å². The van der Waals surface area contributed by atoms with Gasteiger partial charge in [-0.15, -0.1) is 5.10 Å². The average Bonchev–Trinajstić information content (AvgIpc) is 3.28. The predicted molar refractivity (Wildman–Crippen MR) is 110 cm³/mol. The van der Waals surface area contributed by atoms with Gasteiger partial charge in [0.1, 0.15) is 17.6 Å². The molecular formula is C22H30N4O2. The molecule has 1 aromatic carbocycles. The summed E-state index contributed by atoms with van der Waals surface area (Å²) < 4.78 is 11.9. The van der Waals surface area contributed by atoms with Crippen LogP contribution < -0.4 is 14.4 Å². The molecule has 0 bridgehead atoms. The molecule has 2 aliphatic rings. The molecule has 2 atom stereocenters. The number of fused-ring (bicyclic) bond motifs is 1. The molecular weight excluding hydrogens is 352 g/mol. The molecule has 2 unspecified atom stereocenters. The van der Waals surface area contributed by atoms with Crippen molar-refractivity contribution in [2.24, 2.45) is 0 Å². The first kappa shape index (κ1) is 19.0. The van der Waals surface area contributed by atoms with Crippen LogP contribution in [0.2, 0.25) is 0 Å². The van der Waals surface area contributed by atoms with Crippen molar-refractivity contribution in [2.45, 2.75) is 51.8 Å². The van der Waals surface area contributed by atoms with Crippen LogP contribution in [0.5, 0.6) is 11.5 Å². The monoisotopic (exact) mass is 382 g/mol. The first-order valence-electron chi connectivity index (χ1n) is 10.3. The van der Waals surface area contributed by atoms with E-state index in [0.29, 0.717) is 12.6 Å². The SMILES string of the molecule is CCOc1cc2c(cc1CN(C)CC1CCCN1c1cccnn1)OC(C)C2. The van der Waals surface area contributed by atoms with E-state index in [1.54, 1.807) is 6.20 Å². The minimum absolute atomic E-state index is 0.247. The van der Waals surface area contributed by atoms with Crippen LogP contribution in [0.15, 0.2) is 30.5 Å². The quantitative estimate of drug-likeness (QED) is 0.732. The Labute approximate surface area is 167 Å². The highest BCUT2D eigenvalue weighted by Crippen LogP contribution is 2.36. The third-order valence-electron chi connectivity index (χ3n) is 5.57. The molecule has 150 valence electrons. The summed E-state index contributed by atoms with van der Waals surface area (Å²) in [6.07, 6.45) is 5.32. The minimum atomic E-state index is 0.247. The molecule has 1 aromatic heterocycles. The molecule has 0 aliphatic carbocycles. The molecule has 6 nitrogen and oxygen atoms in total. The number of aromatic nitrogens is 2. The van der Waals surface area contributed by atoms with Crippen molar-refractivity contribution in [3.8, 4) is 11.5 Å². The van der Waals surface area contributed by atoms with E-state index in [-0.39, 0.29) is 6.10 Å². The molecule has 1 saturated heterocycles. The molecule has 6 heteroatoms. The number of hydrogen-bond acceptors (Lipinski definition) is 6. The zero-order valence-corrected chi connectivity index (χ0v) is 17.1. The van der Waals surface area contributed by atoms with E-state index >= 15 is 0 Å². The van der Waals surface area contributed by atoms with Gasteiger partial charge in [-0.05, 0) is 58.0 Å². The summed E-state index contributed by atoms with van der Waals surface area (Å²) in [7, 11) is 2.18. The van der Waals surface area contributed by atoms with Crippen LogP contribution in [0.1, 0.15) is 37.8 Å². The number of nitrogens with zero attached hydrogens (tertiary/aromatic N) is 4. The maximum absolute atomic E-state index is 5.97. The Hall–Kier alpha value is -2.34. The second kappa shape index (κ2) is 8.35. The van der Waals surface area contributed by atoms with E-state index < -0.39 is 0 Å². The van der Waals surface area contributed by atoms with Crippen molar-refractivity contribution in [3.05, 3.63) is 41.6 Å². The summed E-state index contributed by atoms with van der Waals surface area (Å²) in [5.41, 5.74) is 2.45. The standard InChI is InChI=1S/C22H30N4O2/c1-4-27-20-12-17-11-16(2)28-21(17)13-18(20)14-25(3)15-19-7-6-10-26(19)22-8-5-9-23-24-22/h5,8-9,12-13,16,19H,4,6-7,10-11,14-15H2,1-3H3. The number of likely N-dealkylation sites (N-methyl/N-ethyl adjacent to an activating group) is 1. The Kier molecular flexibility index (Phi) is 5.67. The van der Waals surface area contributed by atoms with Crippen LogP contribution in [-0.2, 0) is 13.0 Å². The van der Waals surface area contributed by atoms with Gasteiger partial charge < -0.3 is 14.4 Å². The van der Waals surface area contributed by atoms with Crippen LogP contribution in [0.3, 0.4) is 0 Å². The molecule has 0 saturated carbocycles. The van der Waals surface area contributed by atoms with Crippen molar-refractivity contribution in [1.82, 2.24) is 15.1 Å². The molecule has 2 aromatic rings. The van der Waals surface area contributed by atoms with Crippen molar-refractivity contribution < 1.29 is 9.47 Å². The van der Waals surface area contributed by atoms with Gasteiger partial charge in [-0.2, -0.15) is 5.10 Å². The van der Waals surface area contributed by atoms with Crippen molar-refractivity contribution >= 4 is 5.82 Å². The van der Waals surface area contributed by atoms with Gasteiger partial charge in [0.25, 0.3) is 0 Å². The molecule has 0 amide bonds. The Morgan fingerprint density at radius 1 is 1.36 bits per heavy atom. The average molecular weight is 383 g/mol. The summed E-state index contributed by atoms with van der Waals surface area (Å²) in [5, 5.41) is 8.35. The van der Waals surface area contributed by atoms with Gasteiger partial charge in [0.15, 0.2) is 5.82 Å². The van der Waals surface area contributed by atoms with E-state index in [0.717, 1.165) is 43.4 Å². The second-order valence-corrected chi connectivity index (χ2v) is 7.90. The zero-order chi connectivity index (χ0) is 19.5. The number of anilines is 1. The topological polar surface area (TPSA) is 50.7 Å². The van der Waals surface area contributed by atoms with Crippen molar-refractivity contribution in [2.75, 3.05) is 31.6 Å². The number of hydrogen-bond donors (Lipinski definition) is 0. The van der Waals surface area contributed by atoms with Crippen LogP contribution in [0.25, 0.3) is 0 Å². The first-order chi connectivity index (χ1) is 13.6. The molecule has 1 fully saturated rings. The van der Waals surface area contributed by atoms with E-state index in [1.807, 2.05) is 13.0 Å². The van der Waals surface area contributed by atoms with Crippen LogP contribution in [0, 0.1) is 0 Å². The van der Waals surface area contributed by atoms with Gasteiger partial charge in [-0.1, -0.05) is 0 Å². The second-order valence-electron chi connectivity index (χ2n) is 7.90. The first-order valence-corrected chi connectivity index (χ1v) is 10.3. The van der Waals surface area contributed by atoms with E-state index in [1.165, 1.54) is 24.0 Å². The van der Waals surface area contributed by atoms with Gasteiger partial charge in [0.05, 0.1) is 6.61 Å². The number of ether oxygens (including phenoxy) is 2. The fourth-order valence-corrected chi connectivity index (χ4v) is 4.38. The largest absolute Gasteiger partial charge is 0.494 e. The normalized spacial score (nSPS) is 21.1. The zero-order valence-electron chi connectivity index (χ0n) is 17.1. The fourth-order valence-electron chi connectivity index (χ4n) is 4.38. The van der Waals surface area contributed by atoms with Crippen molar-refractivity contribution in [1.29, 1.82) is 0 Å². The van der Waals surface area contributed by atoms with E-state index in [9.17, 15) is 0 Å². The fraction of sp³-hybridized carbons (Fsp3) is 0.545. The van der Waals surface area contributed by atoms with Crippen molar-refractivity contribution in [3.63, 3.8) is 0 Å². The number of benzene rings is 1. The summed E-state index contributed by atoms with van der Waals surface area (Å²) in [5.74, 6) is 2.98. The Morgan fingerprint density at radius 3 is 3.04 bits per heavy atom. The molecule has 0 radical (unpaired) electrons. The summed E-state index contributed by atoms with van der Waals surface area (Å²) >= 11 is 0. The maximum atomic E-state index is 5.97. The van der Waals surface area contributed by atoms with Gasteiger partial charge in [0.2, 0.25) is 0 Å². The minimum Gasteiger partial charge on any atom is -0.494 e. The van der Waals surface area contributed by atoms with E-state index in [4.69, 9.17) is 9.47 Å². The Balaban J connectivity index is 1.46. The highest BCUT2D eigenvalue weighted by molar-refractivity contribution is 5.48. The molecule has 28 heavy (non-hydrogen) atoms. The molecule has 0 N–H and O–H groups in total. The molecule has 4 rings (SSSR count). The van der Waals surface area contributed by atoms with Crippen LogP contribution in [-0.4, -0.2) is 54.0 Å². The Morgan fingerprint density at radius 2 is 2.25 bits per heavy atom. The summed E-state index contributed by atoms with van der Waals surface area (Å²) in [6.45, 7) is 7.70. The third-order valence-corrected chi connectivity index (χ3v) is 5.57. The lowest BCUT2D eigenvalue weighted by Crippen LogP contribution is -2.39. The molecule has 0 spiro atoms. The summed E-state index contributed by atoms with van der Waals surface area (Å²) in [6, 6.07) is 8.82. The lowest BCUT2D eigenvalue weighted by molar-refractivity contribution is 0.253. The van der Waals surface area contributed by atoms with Gasteiger partial charge in [-0.3, -0.25) is 4.90 Å². The number of rotatable bonds is 7. The lowest BCUT2D eigenvalue weighted by atomic mass is 10.1. The highest BCUT2D eigenvalue weighted by Gasteiger charge is 2.28. The summed E-state index contributed by atoms with van der Waals surface area (Å²) in [4.78, 5) is 4.77. The van der Waals surface area contributed by atoms with Crippen LogP contribution >= 0.6 is 0 Å². The third kappa shape index (κ3) is 4.07. The maximum Gasteiger partial charge on any atom is 0.151 e. The molecule has 3 heterocycles. The van der Waals surface area contributed by atoms with Gasteiger partial charge >= 0.3 is 0 Å². The lowest BCUT2D eigenvalue weighted by Gasteiger charge is -2.29. The van der Waals surface area contributed by atoms with Crippen LogP contribution in [0.4, 0.5) is 5.82 Å².